The zero-order chi connectivity index (χ0) is 12.5. The number of halogens is 1. The van der Waals surface area contributed by atoms with E-state index in [-0.39, 0.29) is 11.9 Å². The molecule has 1 saturated heterocycles. The summed E-state index contributed by atoms with van der Waals surface area (Å²) in [5, 5.41) is 3.29. The fourth-order valence-corrected chi connectivity index (χ4v) is 2.43. The predicted octanol–water partition coefficient (Wildman–Crippen LogP) is 1.86. The Morgan fingerprint density at radius 2 is 2.44 bits per heavy atom. The molecule has 0 radical (unpaired) electrons. The Labute approximate surface area is 105 Å². The molecule has 0 aliphatic carbocycles. The van der Waals surface area contributed by atoms with Crippen molar-refractivity contribution < 1.29 is 9.13 Å². The molecule has 0 amide bonds. The number of aromatic nitrogens is 2. The number of hydrogen-bond donors (Lipinski definition) is 1. The van der Waals surface area contributed by atoms with E-state index in [0.29, 0.717) is 12.1 Å². The molecule has 96 valence electrons. The minimum absolute atomic E-state index is 0.0471. The number of nitrogens with zero attached hydrogens (tertiary/aromatic N) is 2. The molecule has 1 N–H and O–H groups in total. The Hall–Kier alpha value is -1.46. The molecule has 4 nitrogen and oxygen atoms in total. The van der Waals surface area contributed by atoms with Gasteiger partial charge in [-0.2, -0.15) is 0 Å². The van der Waals surface area contributed by atoms with Crippen LogP contribution in [0.15, 0.2) is 18.2 Å². The molecular weight excluding hydrogens is 233 g/mol. The molecule has 1 unspecified atom stereocenters. The van der Waals surface area contributed by atoms with E-state index in [1.165, 1.54) is 12.1 Å². The number of hydrogen-bond acceptors (Lipinski definition) is 3. The topological polar surface area (TPSA) is 39.1 Å². The van der Waals surface area contributed by atoms with Gasteiger partial charge in [0, 0.05) is 25.7 Å². The van der Waals surface area contributed by atoms with Gasteiger partial charge in [-0.3, -0.25) is 0 Å². The average Bonchev–Trinajstić information content (AvgIpc) is 2.77. The van der Waals surface area contributed by atoms with Crippen LogP contribution in [-0.4, -0.2) is 29.2 Å². The van der Waals surface area contributed by atoms with E-state index in [0.717, 1.165) is 31.0 Å². The van der Waals surface area contributed by atoms with E-state index in [4.69, 9.17) is 4.74 Å². The maximum absolute atomic E-state index is 13.2. The summed E-state index contributed by atoms with van der Waals surface area (Å²) in [4.78, 5) is 4.53. The molecule has 0 spiro atoms. The van der Waals surface area contributed by atoms with Crippen molar-refractivity contribution in [2.75, 3.05) is 19.7 Å². The second kappa shape index (κ2) is 4.66. The molecule has 1 aliphatic rings. The monoisotopic (exact) mass is 249 g/mol. The summed E-state index contributed by atoms with van der Waals surface area (Å²) in [6.45, 7) is 5.18. The van der Waals surface area contributed by atoms with Gasteiger partial charge in [-0.05, 0) is 19.1 Å². The standard InChI is InChI=1S/C13H16FN3O/c1-2-17-11-4-3-9(14)7-10(11)16-13(17)12-8-15-5-6-18-12/h3-4,7,12,15H,2,5-6,8H2,1H3. The van der Waals surface area contributed by atoms with Crippen molar-refractivity contribution in [1.82, 2.24) is 14.9 Å². The Morgan fingerprint density at radius 3 is 3.17 bits per heavy atom. The fraction of sp³-hybridized carbons (Fsp3) is 0.462. The molecule has 3 rings (SSSR count). The SMILES string of the molecule is CCn1c(C2CNCCO2)nc2cc(F)ccc21. The third kappa shape index (κ3) is 1.89. The lowest BCUT2D eigenvalue weighted by atomic mass is 10.3. The van der Waals surface area contributed by atoms with Gasteiger partial charge in [0.05, 0.1) is 17.6 Å². The first-order valence-corrected chi connectivity index (χ1v) is 6.27. The summed E-state index contributed by atoms with van der Waals surface area (Å²) in [6.07, 6.45) is -0.0471. The smallest absolute Gasteiger partial charge is 0.140 e. The van der Waals surface area contributed by atoms with Gasteiger partial charge in [0.2, 0.25) is 0 Å². The van der Waals surface area contributed by atoms with E-state index >= 15 is 0 Å². The van der Waals surface area contributed by atoms with Crippen LogP contribution in [0.3, 0.4) is 0 Å². The molecule has 1 aliphatic heterocycles. The van der Waals surface area contributed by atoms with Gasteiger partial charge < -0.3 is 14.6 Å². The predicted molar refractivity (Wildman–Crippen MR) is 66.9 cm³/mol. The Balaban J connectivity index is 2.09. The first kappa shape index (κ1) is 11.6. The maximum atomic E-state index is 13.2. The van der Waals surface area contributed by atoms with Crippen LogP contribution in [0.25, 0.3) is 11.0 Å². The third-order valence-electron chi connectivity index (χ3n) is 3.27. The van der Waals surface area contributed by atoms with Crippen LogP contribution in [0.2, 0.25) is 0 Å². The van der Waals surface area contributed by atoms with Crippen LogP contribution < -0.4 is 5.32 Å². The number of ether oxygens (including phenoxy) is 1. The molecule has 1 atom stereocenters. The fourth-order valence-electron chi connectivity index (χ4n) is 2.43. The van der Waals surface area contributed by atoms with Gasteiger partial charge >= 0.3 is 0 Å². The molecule has 2 heterocycles. The number of rotatable bonds is 2. The normalized spacial score (nSPS) is 20.4. The summed E-state index contributed by atoms with van der Waals surface area (Å²) < 4.78 is 21.0. The molecule has 0 saturated carbocycles. The third-order valence-corrected chi connectivity index (χ3v) is 3.27. The van der Waals surface area contributed by atoms with Crippen molar-refractivity contribution in [3.8, 4) is 0 Å². The van der Waals surface area contributed by atoms with E-state index in [2.05, 4.69) is 21.8 Å². The number of morpholine rings is 1. The largest absolute Gasteiger partial charge is 0.368 e. The van der Waals surface area contributed by atoms with Crippen LogP contribution in [0, 0.1) is 5.82 Å². The molecule has 5 heteroatoms. The average molecular weight is 249 g/mol. The maximum Gasteiger partial charge on any atom is 0.140 e. The molecule has 0 bridgehead atoms. The van der Waals surface area contributed by atoms with Crippen LogP contribution in [0.1, 0.15) is 18.9 Å². The van der Waals surface area contributed by atoms with Gasteiger partial charge in [-0.1, -0.05) is 0 Å². The van der Waals surface area contributed by atoms with Gasteiger partial charge in [0.1, 0.15) is 17.7 Å². The van der Waals surface area contributed by atoms with Crippen LogP contribution in [0.4, 0.5) is 4.39 Å². The van der Waals surface area contributed by atoms with Crippen molar-refractivity contribution in [2.24, 2.45) is 0 Å². The van der Waals surface area contributed by atoms with E-state index < -0.39 is 0 Å². The highest BCUT2D eigenvalue weighted by atomic mass is 19.1. The van der Waals surface area contributed by atoms with Crippen LogP contribution in [0.5, 0.6) is 0 Å². The van der Waals surface area contributed by atoms with Crippen molar-refractivity contribution >= 4 is 11.0 Å². The van der Waals surface area contributed by atoms with E-state index in [9.17, 15) is 4.39 Å². The van der Waals surface area contributed by atoms with E-state index in [1.807, 2.05) is 0 Å². The zero-order valence-corrected chi connectivity index (χ0v) is 10.3. The summed E-state index contributed by atoms with van der Waals surface area (Å²) in [7, 11) is 0. The van der Waals surface area contributed by atoms with Crippen molar-refractivity contribution in [1.29, 1.82) is 0 Å². The second-order valence-corrected chi connectivity index (χ2v) is 4.41. The number of benzene rings is 1. The molecule has 2 aromatic rings. The number of fused-ring (bicyclic) bond motifs is 1. The summed E-state index contributed by atoms with van der Waals surface area (Å²) in [6, 6.07) is 4.72. The molecule has 1 aromatic heterocycles. The van der Waals surface area contributed by atoms with Crippen molar-refractivity contribution in [3.05, 3.63) is 29.8 Å². The first-order chi connectivity index (χ1) is 8.79. The highest BCUT2D eigenvalue weighted by Gasteiger charge is 2.22. The lowest BCUT2D eigenvalue weighted by molar-refractivity contribution is 0.0204. The van der Waals surface area contributed by atoms with Gasteiger partial charge in [0.25, 0.3) is 0 Å². The Kier molecular flexibility index (Phi) is 3.01. The minimum Gasteiger partial charge on any atom is -0.368 e. The first-order valence-electron chi connectivity index (χ1n) is 6.27. The second-order valence-electron chi connectivity index (χ2n) is 4.41. The van der Waals surface area contributed by atoms with Crippen molar-refractivity contribution in [2.45, 2.75) is 19.6 Å². The highest BCUT2D eigenvalue weighted by Crippen LogP contribution is 2.24. The zero-order valence-electron chi connectivity index (χ0n) is 10.3. The van der Waals surface area contributed by atoms with Crippen LogP contribution >= 0.6 is 0 Å². The van der Waals surface area contributed by atoms with Crippen molar-refractivity contribution in [3.63, 3.8) is 0 Å². The van der Waals surface area contributed by atoms with E-state index in [1.54, 1.807) is 6.07 Å². The lowest BCUT2D eigenvalue weighted by Crippen LogP contribution is -2.34. The van der Waals surface area contributed by atoms with Gasteiger partial charge in [0.15, 0.2) is 0 Å². The quantitative estimate of drug-likeness (QED) is 0.883. The molecule has 1 aromatic carbocycles. The molecule has 18 heavy (non-hydrogen) atoms. The molecular formula is C13H16FN3O. The summed E-state index contributed by atoms with van der Waals surface area (Å²) in [5.41, 5.74) is 1.66. The number of aryl methyl sites for hydroxylation is 1. The highest BCUT2D eigenvalue weighted by molar-refractivity contribution is 5.76. The van der Waals surface area contributed by atoms with Gasteiger partial charge in [-0.15, -0.1) is 0 Å². The minimum atomic E-state index is -0.252. The lowest BCUT2D eigenvalue weighted by Gasteiger charge is -2.23. The van der Waals surface area contributed by atoms with Crippen LogP contribution in [-0.2, 0) is 11.3 Å². The Morgan fingerprint density at radius 1 is 1.56 bits per heavy atom. The summed E-state index contributed by atoms with van der Waals surface area (Å²) in [5.74, 6) is 0.628. The number of nitrogens with one attached hydrogen (secondary N) is 1. The Bertz CT molecular complexity index is 561. The van der Waals surface area contributed by atoms with Gasteiger partial charge in [-0.25, -0.2) is 9.37 Å². The number of imidazole rings is 1. The summed E-state index contributed by atoms with van der Waals surface area (Å²) >= 11 is 0. The molecule has 1 fully saturated rings.